The lowest BCUT2D eigenvalue weighted by molar-refractivity contribution is -0.189. The zero-order chi connectivity index (χ0) is 12.2. The predicted molar refractivity (Wildman–Crippen MR) is 59.3 cm³/mol. The van der Waals surface area contributed by atoms with Crippen LogP contribution in [0.15, 0.2) is 0 Å². The summed E-state index contributed by atoms with van der Waals surface area (Å²) in [6.45, 7) is 4.83. The quantitative estimate of drug-likeness (QED) is 0.785. The molecule has 1 fully saturated rings. The Kier molecular flexibility index (Phi) is 5.09. The van der Waals surface area contributed by atoms with E-state index in [1.54, 1.807) is 0 Å². The fraction of sp³-hybridized carbons (Fsp3) is 1.00. The van der Waals surface area contributed by atoms with Gasteiger partial charge in [-0.25, -0.2) is 0 Å². The molecule has 96 valence electrons. The largest absolute Gasteiger partial charge is 0.393 e. The molecule has 4 heteroatoms. The van der Waals surface area contributed by atoms with E-state index in [0.29, 0.717) is 31.7 Å². The van der Waals surface area contributed by atoms with Gasteiger partial charge in [-0.05, 0) is 25.3 Å². The summed E-state index contributed by atoms with van der Waals surface area (Å²) in [6, 6.07) is -0.359. The van der Waals surface area contributed by atoms with Gasteiger partial charge in [0, 0.05) is 6.04 Å². The molecular formula is C12H22F3N. The number of alkyl halides is 3. The smallest absolute Gasteiger partial charge is 0.313 e. The Balaban J connectivity index is 2.47. The van der Waals surface area contributed by atoms with Crippen LogP contribution in [0.5, 0.6) is 0 Å². The molecule has 0 heterocycles. The van der Waals surface area contributed by atoms with Crippen LogP contribution in [0.2, 0.25) is 0 Å². The van der Waals surface area contributed by atoms with Gasteiger partial charge >= 0.3 is 6.18 Å². The molecule has 0 bridgehead atoms. The van der Waals surface area contributed by atoms with Gasteiger partial charge in [-0.3, -0.25) is 0 Å². The number of halogens is 3. The molecule has 0 aromatic heterocycles. The van der Waals surface area contributed by atoms with E-state index in [1.807, 2.05) is 0 Å². The van der Waals surface area contributed by atoms with Crippen LogP contribution in [0, 0.1) is 11.8 Å². The molecule has 1 saturated carbocycles. The highest BCUT2D eigenvalue weighted by molar-refractivity contribution is 4.85. The van der Waals surface area contributed by atoms with Gasteiger partial charge in [0.1, 0.15) is 0 Å². The van der Waals surface area contributed by atoms with Crippen molar-refractivity contribution in [2.75, 3.05) is 6.54 Å². The van der Waals surface area contributed by atoms with Crippen molar-refractivity contribution in [1.29, 1.82) is 0 Å². The number of rotatable bonds is 4. The maximum atomic E-state index is 12.8. The number of hydrogen-bond acceptors (Lipinski definition) is 1. The van der Waals surface area contributed by atoms with Crippen LogP contribution < -0.4 is 5.32 Å². The van der Waals surface area contributed by atoms with Crippen molar-refractivity contribution >= 4 is 0 Å². The van der Waals surface area contributed by atoms with Gasteiger partial charge in [-0.2, -0.15) is 13.2 Å². The van der Waals surface area contributed by atoms with Crippen LogP contribution in [0.25, 0.3) is 0 Å². The molecule has 0 spiro atoms. The minimum Gasteiger partial charge on any atom is -0.313 e. The Morgan fingerprint density at radius 3 is 2.44 bits per heavy atom. The SMILES string of the molecule is CCC(C)CNC1CCCCC1C(F)(F)F. The monoisotopic (exact) mass is 237 g/mol. The van der Waals surface area contributed by atoms with Crippen molar-refractivity contribution in [3.8, 4) is 0 Å². The van der Waals surface area contributed by atoms with E-state index in [9.17, 15) is 13.2 Å². The molecule has 0 aromatic carbocycles. The van der Waals surface area contributed by atoms with Crippen molar-refractivity contribution in [3.63, 3.8) is 0 Å². The van der Waals surface area contributed by atoms with Crippen molar-refractivity contribution in [2.45, 2.75) is 58.2 Å². The van der Waals surface area contributed by atoms with E-state index in [4.69, 9.17) is 0 Å². The molecule has 0 aliphatic heterocycles. The normalized spacial score (nSPS) is 29.1. The molecule has 3 unspecified atom stereocenters. The molecule has 1 rings (SSSR count). The average Bonchev–Trinajstić information content (AvgIpc) is 2.25. The lowest BCUT2D eigenvalue weighted by atomic mass is 9.84. The molecular weight excluding hydrogens is 215 g/mol. The Bertz CT molecular complexity index is 203. The predicted octanol–water partition coefficient (Wildman–Crippen LogP) is 3.74. The summed E-state index contributed by atoms with van der Waals surface area (Å²) < 4.78 is 38.3. The third-order valence-corrected chi connectivity index (χ3v) is 3.61. The molecule has 1 nitrogen and oxygen atoms in total. The van der Waals surface area contributed by atoms with Gasteiger partial charge in [0.05, 0.1) is 5.92 Å². The Hall–Kier alpha value is -0.250. The first-order valence-corrected chi connectivity index (χ1v) is 6.25. The van der Waals surface area contributed by atoms with E-state index >= 15 is 0 Å². The first-order chi connectivity index (χ1) is 7.45. The topological polar surface area (TPSA) is 12.0 Å². The molecule has 3 atom stereocenters. The van der Waals surface area contributed by atoms with Crippen molar-refractivity contribution in [1.82, 2.24) is 5.32 Å². The summed E-state index contributed by atoms with van der Waals surface area (Å²) in [4.78, 5) is 0. The van der Waals surface area contributed by atoms with Crippen LogP contribution in [0.3, 0.4) is 0 Å². The molecule has 1 N–H and O–H groups in total. The molecule has 0 aromatic rings. The van der Waals surface area contributed by atoms with E-state index in [2.05, 4.69) is 19.2 Å². The maximum Gasteiger partial charge on any atom is 0.393 e. The minimum absolute atomic E-state index is 0.293. The average molecular weight is 237 g/mol. The number of hydrogen-bond donors (Lipinski definition) is 1. The Labute approximate surface area is 95.8 Å². The molecule has 1 aliphatic rings. The summed E-state index contributed by atoms with van der Waals surface area (Å²) >= 11 is 0. The highest BCUT2D eigenvalue weighted by atomic mass is 19.4. The van der Waals surface area contributed by atoms with Crippen LogP contribution in [0.4, 0.5) is 13.2 Å². The van der Waals surface area contributed by atoms with Gasteiger partial charge in [0.2, 0.25) is 0 Å². The van der Waals surface area contributed by atoms with Crippen molar-refractivity contribution < 1.29 is 13.2 Å². The summed E-state index contributed by atoms with van der Waals surface area (Å²) in [5.74, 6) is -0.680. The first kappa shape index (κ1) is 13.8. The molecule has 0 radical (unpaired) electrons. The second kappa shape index (κ2) is 5.89. The van der Waals surface area contributed by atoms with E-state index in [1.165, 1.54) is 0 Å². The van der Waals surface area contributed by atoms with E-state index < -0.39 is 12.1 Å². The highest BCUT2D eigenvalue weighted by Gasteiger charge is 2.45. The molecule has 1 aliphatic carbocycles. The van der Waals surface area contributed by atoms with Gasteiger partial charge in [-0.1, -0.05) is 33.1 Å². The van der Waals surface area contributed by atoms with Crippen LogP contribution >= 0.6 is 0 Å². The fourth-order valence-electron chi connectivity index (χ4n) is 2.26. The second-order valence-electron chi connectivity index (χ2n) is 4.96. The van der Waals surface area contributed by atoms with Gasteiger partial charge in [-0.15, -0.1) is 0 Å². The zero-order valence-corrected chi connectivity index (χ0v) is 10.1. The third-order valence-electron chi connectivity index (χ3n) is 3.61. The standard InChI is InChI=1S/C12H22F3N/c1-3-9(2)8-16-11-7-5-4-6-10(11)12(13,14)15/h9-11,16H,3-8H2,1-2H3. The fourth-order valence-corrected chi connectivity index (χ4v) is 2.26. The van der Waals surface area contributed by atoms with Gasteiger partial charge in [0.15, 0.2) is 0 Å². The lowest BCUT2D eigenvalue weighted by Crippen LogP contribution is -2.46. The maximum absolute atomic E-state index is 12.8. The Morgan fingerprint density at radius 2 is 1.88 bits per heavy atom. The van der Waals surface area contributed by atoms with E-state index in [0.717, 1.165) is 12.8 Å². The summed E-state index contributed by atoms with van der Waals surface area (Å²) in [6.07, 6.45) is -0.428. The summed E-state index contributed by atoms with van der Waals surface area (Å²) in [5, 5.41) is 3.11. The Morgan fingerprint density at radius 1 is 1.25 bits per heavy atom. The summed E-state index contributed by atoms with van der Waals surface area (Å²) in [5.41, 5.74) is 0. The van der Waals surface area contributed by atoms with Crippen LogP contribution in [-0.2, 0) is 0 Å². The second-order valence-corrected chi connectivity index (χ2v) is 4.96. The molecule has 0 amide bonds. The van der Waals surface area contributed by atoms with Gasteiger partial charge in [0.25, 0.3) is 0 Å². The van der Waals surface area contributed by atoms with Crippen LogP contribution in [0.1, 0.15) is 46.0 Å². The zero-order valence-electron chi connectivity index (χ0n) is 10.1. The highest BCUT2D eigenvalue weighted by Crippen LogP contribution is 2.37. The minimum atomic E-state index is -4.03. The lowest BCUT2D eigenvalue weighted by Gasteiger charge is -2.34. The van der Waals surface area contributed by atoms with Gasteiger partial charge < -0.3 is 5.32 Å². The van der Waals surface area contributed by atoms with Crippen LogP contribution in [-0.4, -0.2) is 18.8 Å². The summed E-state index contributed by atoms with van der Waals surface area (Å²) in [7, 11) is 0. The van der Waals surface area contributed by atoms with Crippen molar-refractivity contribution in [2.24, 2.45) is 11.8 Å². The molecule has 0 saturated heterocycles. The van der Waals surface area contributed by atoms with E-state index in [-0.39, 0.29) is 6.04 Å². The molecule has 16 heavy (non-hydrogen) atoms. The van der Waals surface area contributed by atoms with Crippen molar-refractivity contribution in [3.05, 3.63) is 0 Å². The first-order valence-electron chi connectivity index (χ1n) is 6.25. The third kappa shape index (κ3) is 3.96. The number of nitrogens with one attached hydrogen (secondary N) is 1.